The molecule has 0 bridgehead atoms. The van der Waals surface area contributed by atoms with E-state index in [4.69, 9.17) is 5.73 Å². The molecule has 0 aliphatic carbocycles. The van der Waals surface area contributed by atoms with Gasteiger partial charge in [0.1, 0.15) is 5.82 Å². The summed E-state index contributed by atoms with van der Waals surface area (Å²) in [4.78, 5) is 24.4. The topological polar surface area (TPSA) is 75.4 Å². The zero-order valence-electron chi connectivity index (χ0n) is 13.6. The van der Waals surface area contributed by atoms with Crippen LogP contribution in [0.15, 0.2) is 30.7 Å². The van der Waals surface area contributed by atoms with Crippen molar-refractivity contribution in [1.29, 1.82) is 0 Å². The van der Waals surface area contributed by atoms with Crippen LogP contribution < -0.4 is 15.5 Å². The molecule has 0 saturated carbocycles. The second-order valence-corrected chi connectivity index (χ2v) is 6.43. The van der Waals surface area contributed by atoms with Crippen molar-refractivity contribution in [3.8, 4) is 11.1 Å². The molecule has 6 nitrogen and oxygen atoms in total. The Balaban J connectivity index is 1.68. The van der Waals surface area contributed by atoms with E-state index in [1.54, 1.807) is 4.90 Å². The van der Waals surface area contributed by atoms with Crippen LogP contribution in [0.4, 0.5) is 16.3 Å². The summed E-state index contributed by atoms with van der Waals surface area (Å²) in [7, 11) is 0. The van der Waals surface area contributed by atoms with Gasteiger partial charge in [-0.3, -0.25) is 9.88 Å². The first-order valence-corrected chi connectivity index (χ1v) is 8.48. The molecule has 2 aromatic rings. The van der Waals surface area contributed by atoms with Gasteiger partial charge in [0.15, 0.2) is 0 Å². The monoisotopic (exact) mass is 323 g/mol. The molecule has 124 valence electrons. The first kappa shape index (κ1) is 14.9. The fourth-order valence-electron chi connectivity index (χ4n) is 3.57. The Kier molecular flexibility index (Phi) is 3.80. The molecule has 1 saturated heterocycles. The number of amides is 2. The summed E-state index contributed by atoms with van der Waals surface area (Å²) >= 11 is 0. The number of pyridine rings is 2. The summed E-state index contributed by atoms with van der Waals surface area (Å²) in [5.41, 5.74) is 9.79. The van der Waals surface area contributed by atoms with E-state index in [9.17, 15) is 4.79 Å². The quantitative estimate of drug-likeness (QED) is 0.921. The van der Waals surface area contributed by atoms with Crippen molar-refractivity contribution in [2.24, 2.45) is 5.73 Å². The van der Waals surface area contributed by atoms with E-state index in [2.05, 4.69) is 27.0 Å². The third-order valence-electron chi connectivity index (χ3n) is 4.82. The Morgan fingerprint density at radius 3 is 2.58 bits per heavy atom. The average molecular weight is 323 g/mol. The van der Waals surface area contributed by atoms with E-state index < -0.39 is 6.03 Å². The van der Waals surface area contributed by atoms with Gasteiger partial charge >= 0.3 is 6.03 Å². The van der Waals surface area contributed by atoms with Crippen molar-refractivity contribution < 1.29 is 4.79 Å². The Morgan fingerprint density at radius 2 is 1.79 bits per heavy atom. The summed E-state index contributed by atoms with van der Waals surface area (Å²) in [6, 6.07) is 3.85. The van der Waals surface area contributed by atoms with Crippen molar-refractivity contribution in [2.45, 2.75) is 25.7 Å². The third kappa shape index (κ3) is 2.68. The molecule has 2 amide bonds. The molecule has 0 unspecified atom stereocenters. The van der Waals surface area contributed by atoms with Crippen LogP contribution in [0.1, 0.15) is 24.8 Å². The Labute approximate surface area is 141 Å². The SMILES string of the molecule is NC(=O)N1CCCc2cc(-c3cncc(N4CCCC4)c3)cnc21. The zero-order chi connectivity index (χ0) is 16.5. The van der Waals surface area contributed by atoms with Crippen molar-refractivity contribution >= 4 is 17.5 Å². The Bertz CT molecular complexity index is 770. The van der Waals surface area contributed by atoms with Gasteiger partial charge in [0.2, 0.25) is 0 Å². The Hall–Kier alpha value is -2.63. The molecule has 0 atom stereocenters. The number of aromatic nitrogens is 2. The molecular formula is C18H21N5O. The van der Waals surface area contributed by atoms with Crippen LogP contribution in [-0.2, 0) is 6.42 Å². The van der Waals surface area contributed by atoms with E-state index in [1.165, 1.54) is 18.5 Å². The summed E-state index contributed by atoms with van der Waals surface area (Å²) < 4.78 is 0. The van der Waals surface area contributed by atoms with Crippen LogP contribution >= 0.6 is 0 Å². The highest BCUT2D eigenvalue weighted by atomic mass is 16.2. The van der Waals surface area contributed by atoms with Gasteiger partial charge in [0, 0.05) is 43.2 Å². The lowest BCUT2D eigenvalue weighted by molar-refractivity contribution is 0.253. The number of carbonyl (C=O) groups excluding carboxylic acids is 1. The van der Waals surface area contributed by atoms with Crippen molar-refractivity contribution in [2.75, 3.05) is 29.4 Å². The summed E-state index contributed by atoms with van der Waals surface area (Å²) in [5.74, 6) is 0.696. The predicted octanol–water partition coefficient (Wildman–Crippen LogP) is 2.58. The molecule has 4 heterocycles. The number of anilines is 2. The molecular weight excluding hydrogens is 302 g/mol. The largest absolute Gasteiger partial charge is 0.370 e. The third-order valence-corrected chi connectivity index (χ3v) is 4.82. The molecule has 2 aliphatic rings. The first-order chi connectivity index (χ1) is 11.7. The van der Waals surface area contributed by atoms with Crippen LogP contribution in [0.5, 0.6) is 0 Å². The minimum Gasteiger partial charge on any atom is -0.370 e. The van der Waals surface area contributed by atoms with E-state index in [1.807, 2.05) is 18.6 Å². The normalized spacial score (nSPS) is 17.0. The summed E-state index contributed by atoms with van der Waals surface area (Å²) in [6.45, 7) is 2.84. The van der Waals surface area contributed by atoms with E-state index >= 15 is 0 Å². The molecule has 1 fully saturated rings. The van der Waals surface area contributed by atoms with E-state index in [0.29, 0.717) is 12.4 Å². The molecule has 0 spiro atoms. The predicted molar refractivity (Wildman–Crippen MR) is 94.2 cm³/mol. The number of fused-ring (bicyclic) bond motifs is 1. The molecule has 24 heavy (non-hydrogen) atoms. The number of carbonyl (C=O) groups is 1. The number of rotatable bonds is 2. The summed E-state index contributed by atoms with van der Waals surface area (Å²) in [6.07, 6.45) is 9.92. The molecule has 2 aliphatic heterocycles. The number of hydrogen-bond acceptors (Lipinski definition) is 4. The summed E-state index contributed by atoms with van der Waals surface area (Å²) in [5, 5.41) is 0. The molecule has 0 aromatic carbocycles. The van der Waals surface area contributed by atoms with Gasteiger partial charge in [-0.15, -0.1) is 0 Å². The van der Waals surface area contributed by atoms with Gasteiger partial charge in [-0.25, -0.2) is 9.78 Å². The maximum Gasteiger partial charge on any atom is 0.320 e. The number of nitrogens with two attached hydrogens (primary N) is 1. The van der Waals surface area contributed by atoms with Crippen LogP contribution in [-0.4, -0.2) is 35.6 Å². The molecule has 2 N–H and O–H groups in total. The minimum atomic E-state index is -0.436. The highest BCUT2D eigenvalue weighted by Gasteiger charge is 2.22. The van der Waals surface area contributed by atoms with Gasteiger partial charge in [0.05, 0.1) is 11.9 Å². The Morgan fingerprint density at radius 1 is 1.00 bits per heavy atom. The van der Waals surface area contributed by atoms with Gasteiger partial charge < -0.3 is 10.6 Å². The number of urea groups is 1. The van der Waals surface area contributed by atoms with E-state index in [-0.39, 0.29) is 0 Å². The van der Waals surface area contributed by atoms with Crippen LogP contribution in [0, 0.1) is 0 Å². The maximum atomic E-state index is 11.6. The van der Waals surface area contributed by atoms with Crippen LogP contribution in [0.25, 0.3) is 11.1 Å². The molecule has 2 aromatic heterocycles. The molecule has 0 radical (unpaired) electrons. The van der Waals surface area contributed by atoms with Gasteiger partial charge in [-0.05, 0) is 43.4 Å². The number of aryl methyl sites for hydroxylation is 1. The van der Waals surface area contributed by atoms with Crippen molar-refractivity contribution in [3.05, 3.63) is 36.3 Å². The second-order valence-electron chi connectivity index (χ2n) is 6.43. The van der Waals surface area contributed by atoms with Crippen molar-refractivity contribution in [3.63, 3.8) is 0 Å². The second kappa shape index (κ2) is 6.11. The fourth-order valence-corrected chi connectivity index (χ4v) is 3.57. The van der Waals surface area contributed by atoms with Gasteiger partial charge in [0.25, 0.3) is 0 Å². The maximum absolute atomic E-state index is 11.6. The average Bonchev–Trinajstić information content (AvgIpc) is 3.15. The number of primary amides is 1. The smallest absolute Gasteiger partial charge is 0.320 e. The minimum absolute atomic E-state index is 0.436. The fraction of sp³-hybridized carbons (Fsp3) is 0.389. The lowest BCUT2D eigenvalue weighted by Crippen LogP contribution is -2.40. The van der Waals surface area contributed by atoms with Gasteiger partial charge in [-0.1, -0.05) is 0 Å². The van der Waals surface area contributed by atoms with E-state index in [0.717, 1.165) is 42.6 Å². The van der Waals surface area contributed by atoms with Crippen LogP contribution in [0.2, 0.25) is 0 Å². The van der Waals surface area contributed by atoms with Crippen LogP contribution in [0.3, 0.4) is 0 Å². The molecule has 6 heteroatoms. The first-order valence-electron chi connectivity index (χ1n) is 8.48. The number of hydrogen-bond donors (Lipinski definition) is 1. The van der Waals surface area contributed by atoms with Crippen molar-refractivity contribution in [1.82, 2.24) is 9.97 Å². The standard InChI is InChI=1S/C18H21N5O/c19-18(24)23-7-3-4-13-8-14(11-21-17(13)23)15-9-16(12-20-10-15)22-5-1-2-6-22/h8-12H,1-7H2,(H2,19,24). The zero-order valence-corrected chi connectivity index (χ0v) is 13.6. The highest BCUT2D eigenvalue weighted by Crippen LogP contribution is 2.31. The molecule has 4 rings (SSSR count). The lowest BCUT2D eigenvalue weighted by atomic mass is 10.0. The number of nitrogens with zero attached hydrogens (tertiary/aromatic N) is 4. The highest BCUT2D eigenvalue weighted by molar-refractivity contribution is 5.91. The van der Waals surface area contributed by atoms with Gasteiger partial charge in [-0.2, -0.15) is 0 Å². The lowest BCUT2D eigenvalue weighted by Gasteiger charge is -2.27.